The van der Waals surface area contributed by atoms with Crippen LogP contribution >= 0.6 is 0 Å². The Bertz CT molecular complexity index is 1080. The standard InChI is InChI=1S/C29H40N6O3/c30-16-8-7-13-24(26(36)28(38)32-20-23-11-5-2-6-12-23)33-27(37)25-14-17-34-18-15-29(31,21-35(25)34)19-22-9-3-1-4-10-22/h1-6,9-12,24-25H,7-8,13-21,30-31H2,(H,32,38)(H,33,37)/t24-,25-,29+/m0/s1. The number of carbonyl (C=O) groups is 3. The molecular formula is C29H40N6O3. The normalized spacial score (nSPS) is 22.4. The maximum atomic E-state index is 13.5. The second-order valence-electron chi connectivity index (χ2n) is 10.5. The van der Waals surface area contributed by atoms with E-state index in [-0.39, 0.29) is 12.5 Å². The van der Waals surface area contributed by atoms with Gasteiger partial charge in [-0.25, -0.2) is 10.0 Å². The Morgan fingerprint density at radius 1 is 0.974 bits per heavy atom. The number of rotatable bonds is 12. The summed E-state index contributed by atoms with van der Waals surface area (Å²) in [6.45, 7) is 2.85. The molecule has 0 bridgehead atoms. The molecule has 6 N–H and O–H groups in total. The van der Waals surface area contributed by atoms with Crippen molar-refractivity contribution in [2.24, 2.45) is 11.5 Å². The van der Waals surface area contributed by atoms with Crippen molar-refractivity contribution >= 4 is 17.6 Å². The molecule has 3 atom stereocenters. The topological polar surface area (TPSA) is 134 Å². The van der Waals surface area contributed by atoms with E-state index in [9.17, 15) is 14.4 Å². The van der Waals surface area contributed by atoms with E-state index in [0.717, 1.165) is 31.5 Å². The van der Waals surface area contributed by atoms with E-state index in [0.29, 0.717) is 38.8 Å². The highest BCUT2D eigenvalue weighted by Gasteiger charge is 2.45. The number of nitrogens with two attached hydrogens (primary N) is 2. The predicted octanol–water partition coefficient (Wildman–Crippen LogP) is 1.12. The third kappa shape index (κ3) is 7.26. The minimum Gasteiger partial charge on any atom is -0.345 e. The fourth-order valence-corrected chi connectivity index (χ4v) is 5.42. The summed E-state index contributed by atoms with van der Waals surface area (Å²) in [6.07, 6.45) is 3.94. The lowest BCUT2D eigenvalue weighted by Gasteiger charge is -2.45. The molecule has 9 heteroatoms. The first kappa shape index (κ1) is 27.9. The van der Waals surface area contributed by atoms with E-state index in [1.54, 1.807) is 0 Å². The van der Waals surface area contributed by atoms with E-state index in [4.69, 9.17) is 11.5 Å². The first-order valence-electron chi connectivity index (χ1n) is 13.6. The molecule has 0 radical (unpaired) electrons. The first-order valence-corrected chi connectivity index (χ1v) is 13.6. The number of fused-ring (bicyclic) bond motifs is 1. The van der Waals surface area contributed by atoms with Crippen LogP contribution in [0.15, 0.2) is 60.7 Å². The molecule has 2 heterocycles. The molecule has 2 amide bonds. The lowest BCUT2D eigenvalue weighted by Crippen LogP contribution is -2.64. The van der Waals surface area contributed by atoms with Gasteiger partial charge in [-0.3, -0.25) is 14.4 Å². The number of hydrazine groups is 1. The van der Waals surface area contributed by atoms with Crippen LogP contribution in [0.4, 0.5) is 0 Å². The van der Waals surface area contributed by atoms with Crippen molar-refractivity contribution in [3.8, 4) is 0 Å². The molecule has 38 heavy (non-hydrogen) atoms. The summed E-state index contributed by atoms with van der Waals surface area (Å²) in [6, 6.07) is 18.3. The number of carbonyl (C=O) groups excluding carboxylic acids is 3. The van der Waals surface area contributed by atoms with Gasteiger partial charge in [0.15, 0.2) is 0 Å². The van der Waals surface area contributed by atoms with Crippen LogP contribution in [0.1, 0.15) is 43.2 Å². The largest absolute Gasteiger partial charge is 0.345 e. The quantitative estimate of drug-likeness (QED) is 0.243. The second kappa shape index (κ2) is 13.1. The molecule has 0 spiro atoms. The fourth-order valence-electron chi connectivity index (χ4n) is 5.42. The van der Waals surface area contributed by atoms with Crippen LogP contribution in [-0.4, -0.2) is 71.4 Å². The van der Waals surface area contributed by atoms with E-state index < -0.39 is 29.3 Å². The molecule has 0 saturated carbocycles. The smallest absolute Gasteiger partial charge is 0.289 e. The molecule has 2 aromatic rings. The van der Waals surface area contributed by atoms with Crippen LogP contribution in [-0.2, 0) is 27.3 Å². The highest BCUT2D eigenvalue weighted by Crippen LogP contribution is 2.30. The van der Waals surface area contributed by atoms with Crippen LogP contribution in [0.25, 0.3) is 0 Å². The Morgan fingerprint density at radius 3 is 2.34 bits per heavy atom. The van der Waals surface area contributed by atoms with Gasteiger partial charge in [-0.05, 0) is 56.2 Å². The van der Waals surface area contributed by atoms with Crippen LogP contribution in [0.2, 0.25) is 0 Å². The minimum absolute atomic E-state index is 0.238. The minimum atomic E-state index is -0.893. The Balaban J connectivity index is 1.39. The number of hydrogen-bond acceptors (Lipinski definition) is 7. The zero-order valence-corrected chi connectivity index (χ0v) is 22.0. The SMILES string of the molecule is NCCCC[C@H](NC(=O)[C@@H]1CCN2CC[C@@](N)(Cc3ccccc3)CN12)C(=O)C(=O)NCc1ccccc1. The van der Waals surface area contributed by atoms with Crippen molar-refractivity contribution in [3.63, 3.8) is 0 Å². The zero-order chi connectivity index (χ0) is 27.0. The zero-order valence-electron chi connectivity index (χ0n) is 22.0. The summed E-state index contributed by atoms with van der Waals surface area (Å²) >= 11 is 0. The molecule has 0 aromatic heterocycles. The maximum Gasteiger partial charge on any atom is 0.289 e. The summed E-state index contributed by atoms with van der Waals surface area (Å²) in [5.74, 6) is -1.56. The second-order valence-corrected chi connectivity index (χ2v) is 10.5. The molecular weight excluding hydrogens is 480 g/mol. The number of Topliss-reactive ketones (excluding diaryl/α,β-unsaturated/α-hetero) is 1. The van der Waals surface area contributed by atoms with Crippen molar-refractivity contribution in [1.29, 1.82) is 0 Å². The van der Waals surface area contributed by atoms with Gasteiger partial charge in [0.2, 0.25) is 11.7 Å². The van der Waals surface area contributed by atoms with Crippen LogP contribution in [0, 0.1) is 0 Å². The molecule has 0 aliphatic carbocycles. The predicted molar refractivity (Wildman–Crippen MR) is 146 cm³/mol. The average molecular weight is 521 g/mol. The number of benzene rings is 2. The first-order chi connectivity index (χ1) is 18.4. The lowest BCUT2D eigenvalue weighted by atomic mass is 9.86. The van der Waals surface area contributed by atoms with Crippen LogP contribution in [0.5, 0.6) is 0 Å². The van der Waals surface area contributed by atoms with Gasteiger partial charge >= 0.3 is 0 Å². The molecule has 2 saturated heterocycles. The molecule has 0 unspecified atom stereocenters. The number of hydrogen-bond donors (Lipinski definition) is 4. The summed E-state index contributed by atoms with van der Waals surface area (Å²) < 4.78 is 0. The van der Waals surface area contributed by atoms with Crippen LogP contribution < -0.4 is 22.1 Å². The number of nitrogens with one attached hydrogen (secondary N) is 2. The van der Waals surface area contributed by atoms with Gasteiger partial charge in [-0.2, -0.15) is 0 Å². The molecule has 9 nitrogen and oxygen atoms in total. The Morgan fingerprint density at radius 2 is 1.66 bits per heavy atom. The van der Waals surface area contributed by atoms with E-state index >= 15 is 0 Å². The molecule has 4 rings (SSSR count). The number of unbranched alkanes of at least 4 members (excludes halogenated alkanes) is 1. The van der Waals surface area contributed by atoms with Gasteiger partial charge in [-0.1, -0.05) is 60.7 Å². The molecule has 2 fully saturated rings. The van der Waals surface area contributed by atoms with Gasteiger partial charge in [-0.15, -0.1) is 0 Å². The lowest BCUT2D eigenvalue weighted by molar-refractivity contribution is -0.142. The summed E-state index contributed by atoms with van der Waals surface area (Å²) in [7, 11) is 0. The highest BCUT2D eigenvalue weighted by molar-refractivity contribution is 6.38. The monoisotopic (exact) mass is 520 g/mol. The number of ketones is 1. The van der Waals surface area contributed by atoms with Gasteiger partial charge in [0.1, 0.15) is 6.04 Å². The summed E-state index contributed by atoms with van der Waals surface area (Å²) in [5.41, 5.74) is 14.1. The highest BCUT2D eigenvalue weighted by atomic mass is 16.2. The molecule has 2 aliphatic heterocycles. The fraction of sp³-hybridized carbons (Fsp3) is 0.483. The summed E-state index contributed by atoms with van der Waals surface area (Å²) in [5, 5.41) is 9.86. The van der Waals surface area contributed by atoms with Gasteiger partial charge in [0, 0.05) is 31.7 Å². The van der Waals surface area contributed by atoms with Gasteiger partial charge in [0.05, 0.1) is 6.04 Å². The van der Waals surface area contributed by atoms with Crippen molar-refractivity contribution in [2.75, 3.05) is 26.2 Å². The van der Waals surface area contributed by atoms with E-state index in [2.05, 4.69) is 32.8 Å². The third-order valence-corrected chi connectivity index (χ3v) is 7.53. The number of nitrogens with zero attached hydrogens (tertiary/aromatic N) is 2. The average Bonchev–Trinajstić information content (AvgIpc) is 3.34. The van der Waals surface area contributed by atoms with Gasteiger partial charge < -0.3 is 22.1 Å². The summed E-state index contributed by atoms with van der Waals surface area (Å²) in [4.78, 5) is 39.3. The van der Waals surface area contributed by atoms with Crippen molar-refractivity contribution in [2.45, 2.75) is 62.7 Å². The third-order valence-electron chi connectivity index (χ3n) is 7.53. The Labute approximate surface area is 224 Å². The molecule has 2 aromatic carbocycles. The van der Waals surface area contributed by atoms with Crippen molar-refractivity contribution < 1.29 is 14.4 Å². The van der Waals surface area contributed by atoms with E-state index in [1.807, 2.05) is 48.5 Å². The van der Waals surface area contributed by atoms with Crippen molar-refractivity contribution in [3.05, 3.63) is 71.8 Å². The Kier molecular flexibility index (Phi) is 9.63. The van der Waals surface area contributed by atoms with Crippen molar-refractivity contribution in [1.82, 2.24) is 20.7 Å². The molecule has 204 valence electrons. The maximum absolute atomic E-state index is 13.5. The van der Waals surface area contributed by atoms with E-state index in [1.165, 1.54) is 5.56 Å². The number of amides is 2. The van der Waals surface area contributed by atoms with Gasteiger partial charge in [0.25, 0.3) is 5.91 Å². The molecule has 2 aliphatic rings. The Hall–Kier alpha value is -3.11. The van der Waals surface area contributed by atoms with Crippen LogP contribution in [0.3, 0.4) is 0 Å².